The number of ether oxygens (including phenoxy) is 2. The van der Waals surface area contributed by atoms with E-state index in [0.29, 0.717) is 22.4 Å². The number of phenolic OH excluding ortho intramolecular Hbond substituents is 1. The minimum absolute atomic E-state index is 0.0604. The standard InChI is InChI=1S/C41H36N4O9/c1-22-9-11-24(12-10-22)42-44-38(48)31-21-30-28(17-18-29-34(30)39(49)43(37(29)47)25-13-15-26(16-14-25)45(51)52)36(35-32(53-2)19-27(46)20-33(35)54-3)41(31,40(44)50)23-7-5-4-6-8-23/h4-17,19-20,29-31,34,36,42,46H,18,21H2,1-3H3/t29-,30+,31-,34-,36+,41+/m0/s1. The van der Waals surface area contributed by atoms with E-state index in [1.165, 1.54) is 50.6 Å². The Morgan fingerprint density at radius 2 is 1.50 bits per heavy atom. The topological polar surface area (TPSA) is 169 Å². The maximum absolute atomic E-state index is 15.4. The first-order chi connectivity index (χ1) is 26.0. The summed E-state index contributed by atoms with van der Waals surface area (Å²) < 4.78 is 11.8. The molecule has 4 aromatic rings. The molecule has 6 atom stereocenters. The van der Waals surface area contributed by atoms with Gasteiger partial charge in [0.05, 0.1) is 53.7 Å². The van der Waals surface area contributed by atoms with Crippen molar-refractivity contribution in [2.45, 2.75) is 31.1 Å². The van der Waals surface area contributed by atoms with Crippen molar-refractivity contribution in [3.05, 3.63) is 129 Å². The molecule has 1 saturated carbocycles. The number of allylic oxidation sites excluding steroid dienone is 2. The van der Waals surface area contributed by atoms with Crippen molar-refractivity contribution >= 4 is 40.7 Å². The van der Waals surface area contributed by atoms with Gasteiger partial charge in [0.25, 0.3) is 17.5 Å². The van der Waals surface area contributed by atoms with E-state index >= 15 is 4.79 Å². The summed E-state index contributed by atoms with van der Waals surface area (Å²) in [6.45, 7) is 1.93. The molecule has 0 spiro atoms. The number of phenols is 1. The molecule has 2 N–H and O–H groups in total. The minimum atomic E-state index is -1.59. The lowest BCUT2D eigenvalue weighted by atomic mass is 9.49. The van der Waals surface area contributed by atoms with Gasteiger partial charge in [0.1, 0.15) is 17.2 Å². The summed E-state index contributed by atoms with van der Waals surface area (Å²) >= 11 is 0. The van der Waals surface area contributed by atoms with Crippen LogP contribution in [0.4, 0.5) is 17.1 Å². The Morgan fingerprint density at radius 1 is 0.852 bits per heavy atom. The lowest BCUT2D eigenvalue weighted by Crippen LogP contribution is -2.53. The van der Waals surface area contributed by atoms with Crippen LogP contribution in [0.25, 0.3) is 0 Å². The Hall–Kier alpha value is -6.50. The highest BCUT2D eigenvalue weighted by molar-refractivity contribution is 6.22. The third-order valence-corrected chi connectivity index (χ3v) is 11.5. The van der Waals surface area contributed by atoms with E-state index < -0.39 is 63.6 Å². The molecule has 54 heavy (non-hydrogen) atoms. The molecule has 0 bridgehead atoms. The number of imide groups is 2. The van der Waals surface area contributed by atoms with Crippen LogP contribution in [-0.2, 0) is 24.6 Å². The van der Waals surface area contributed by atoms with Crippen LogP contribution < -0.4 is 19.8 Å². The zero-order chi connectivity index (χ0) is 38.1. The zero-order valence-electron chi connectivity index (χ0n) is 29.6. The van der Waals surface area contributed by atoms with Crippen LogP contribution in [-0.4, -0.2) is 52.9 Å². The smallest absolute Gasteiger partial charge is 0.269 e. The number of methoxy groups -OCH3 is 2. The fourth-order valence-electron chi connectivity index (χ4n) is 9.25. The number of nitro groups is 1. The second-order valence-electron chi connectivity index (χ2n) is 14.1. The molecule has 13 heteroatoms. The van der Waals surface area contributed by atoms with Gasteiger partial charge in [-0.15, -0.1) is 0 Å². The van der Waals surface area contributed by atoms with Crippen molar-refractivity contribution in [1.82, 2.24) is 5.01 Å². The van der Waals surface area contributed by atoms with Gasteiger partial charge >= 0.3 is 0 Å². The number of benzene rings is 4. The maximum atomic E-state index is 15.4. The number of non-ortho nitro benzene ring substituents is 1. The Labute approximate surface area is 309 Å². The number of hydrogen-bond donors (Lipinski definition) is 2. The predicted molar refractivity (Wildman–Crippen MR) is 196 cm³/mol. The zero-order valence-corrected chi connectivity index (χ0v) is 29.6. The lowest BCUT2D eigenvalue weighted by Gasteiger charge is -2.51. The van der Waals surface area contributed by atoms with Crippen LogP contribution in [0.15, 0.2) is 103 Å². The third kappa shape index (κ3) is 4.98. The third-order valence-electron chi connectivity index (χ3n) is 11.5. The molecule has 3 fully saturated rings. The van der Waals surface area contributed by atoms with E-state index in [1.54, 1.807) is 24.3 Å². The molecule has 4 amide bonds. The highest BCUT2D eigenvalue weighted by atomic mass is 16.6. The fourth-order valence-corrected chi connectivity index (χ4v) is 9.25. The second-order valence-corrected chi connectivity index (χ2v) is 14.1. The highest BCUT2D eigenvalue weighted by Crippen LogP contribution is 2.66. The molecule has 8 rings (SSSR count). The predicted octanol–water partition coefficient (Wildman–Crippen LogP) is 5.82. The van der Waals surface area contributed by atoms with Crippen molar-refractivity contribution in [1.29, 1.82) is 0 Å². The van der Waals surface area contributed by atoms with E-state index in [9.17, 15) is 29.6 Å². The number of aryl methyl sites for hydroxylation is 1. The molecule has 2 saturated heterocycles. The lowest BCUT2D eigenvalue weighted by molar-refractivity contribution is -0.384. The van der Waals surface area contributed by atoms with Crippen LogP contribution in [0, 0.1) is 40.7 Å². The average molecular weight is 729 g/mol. The van der Waals surface area contributed by atoms with E-state index in [2.05, 4.69) is 5.43 Å². The van der Waals surface area contributed by atoms with Gasteiger partial charge in [-0.1, -0.05) is 59.7 Å². The van der Waals surface area contributed by atoms with Gasteiger partial charge in [-0.3, -0.25) is 39.6 Å². The molecule has 2 aliphatic heterocycles. The van der Waals surface area contributed by atoms with E-state index in [0.717, 1.165) is 15.5 Å². The van der Waals surface area contributed by atoms with E-state index in [1.807, 2.05) is 43.3 Å². The molecule has 0 unspecified atom stereocenters. The number of aromatic hydroxyl groups is 1. The van der Waals surface area contributed by atoms with Gasteiger partial charge < -0.3 is 14.6 Å². The molecule has 2 heterocycles. The monoisotopic (exact) mass is 728 g/mol. The average Bonchev–Trinajstić information content (AvgIpc) is 3.56. The normalized spacial score (nSPS) is 25.8. The first-order valence-corrected chi connectivity index (χ1v) is 17.6. The molecule has 274 valence electrons. The summed E-state index contributed by atoms with van der Waals surface area (Å²) in [6, 6.07) is 24.4. The fraction of sp³-hybridized carbons (Fsp3) is 0.268. The first-order valence-electron chi connectivity index (χ1n) is 17.6. The number of rotatable bonds is 8. The summed E-state index contributed by atoms with van der Waals surface area (Å²) in [5.74, 6) is -6.04. The minimum Gasteiger partial charge on any atom is -0.508 e. The van der Waals surface area contributed by atoms with Crippen molar-refractivity contribution in [2.24, 2.45) is 23.7 Å². The van der Waals surface area contributed by atoms with Crippen molar-refractivity contribution in [3.8, 4) is 17.2 Å². The summed E-state index contributed by atoms with van der Waals surface area (Å²) in [7, 11) is 2.87. The number of nitrogens with one attached hydrogen (secondary N) is 1. The summed E-state index contributed by atoms with van der Waals surface area (Å²) in [5.41, 5.74) is 4.66. The quantitative estimate of drug-likeness (QED) is 0.0977. The van der Waals surface area contributed by atoms with Crippen LogP contribution in [0.1, 0.15) is 35.4 Å². The summed E-state index contributed by atoms with van der Waals surface area (Å²) in [6.07, 6.45) is 2.12. The molecule has 4 aliphatic rings. The maximum Gasteiger partial charge on any atom is 0.269 e. The summed E-state index contributed by atoms with van der Waals surface area (Å²) in [5, 5.41) is 23.1. The molecular formula is C41H36N4O9. The van der Waals surface area contributed by atoms with Gasteiger partial charge in [0.15, 0.2) is 0 Å². The number of amides is 4. The highest BCUT2D eigenvalue weighted by Gasteiger charge is 2.71. The van der Waals surface area contributed by atoms with Crippen molar-refractivity contribution in [3.63, 3.8) is 0 Å². The van der Waals surface area contributed by atoms with E-state index in [-0.39, 0.29) is 41.5 Å². The number of fused-ring (bicyclic) bond motifs is 4. The van der Waals surface area contributed by atoms with Crippen LogP contribution in [0.2, 0.25) is 0 Å². The van der Waals surface area contributed by atoms with Crippen molar-refractivity contribution in [2.75, 3.05) is 24.5 Å². The largest absolute Gasteiger partial charge is 0.508 e. The SMILES string of the molecule is COc1cc(O)cc(OC)c1[C@H]1C2=CC[C@@H]3C(=O)N(c4ccc([N+](=O)[O-])cc4)C(=O)[C@@H]3[C@@H]2C[C@H]2C(=O)N(Nc3ccc(C)cc3)C(=O)[C@@]12c1ccccc1. The molecule has 4 aromatic carbocycles. The Morgan fingerprint density at radius 3 is 2.11 bits per heavy atom. The Kier molecular flexibility index (Phi) is 8.24. The number of hydrazine groups is 1. The second kappa shape index (κ2) is 12.9. The molecular weight excluding hydrogens is 692 g/mol. The van der Waals surface area contributed by atoms with Gasteiger partial charge in [-0.05, 0) is 55.5 Å². The van der Waals surface area contributed by atoms with Crippen LogP contribution >= 0.6 is 0 Å². The summed E-state index contributed by atoms with van der Waals surface area (Å²) in [4.78, 5) is 70.9. The number of carbonyl (C=O) groups excluding carboxylic acids is 4. The number of anilines is 2. The Bertz CT molecular complexity index is 2230. The number of nitrogens with zero attached hydrogens (tertiary/aromatic N) is 3. The van der Waals surface area contributed by atoms with Crippen molar-refractivity contribution < 1.29 is 38.7 Å². The first kappa shape index (κ1) is 34.6. The van der Waals surface area contributed by atoms with Gasteiger partial charge in [0.2, 0.25) is 11.8 Å². The molecule has 0 radical (unpaired) electrons. The molecule has 2 aliphatic carbocycles. The number of nitro benzene ring substituents is 1. The molecule has 13 nitrogen and oxygen atoms in total. The van der Waals surface area contributed by atoms with Gasteiger partial charge in [-0.25, -0.2) is 0 Å². The Balaban J connectivity index is 1.34. The van der Waals surface area contributed by atoms with Crippen LogP contribution in [0.5, 0.6) is 17.2 Å². The van der Waals surface area contributed by atoms with E-state index in [4.69, 9.17) is 9.47 Å². The molecule has 0 aromatic heterocycles. The van der Waals surface area contributed by atoms with Gasteiger partial charge in [0, 0.05) is 35.7 Å². The van der Waals surface area contributed by atoms with Gasteiger partial charge in [-0.2, -0.15) is 5.01 Å². The number of hydrogen-bond acceptors (Lipinski definition) is 10. The number of carbonyl (C=O) groups is 4. The van der Waals surface area contributed by atoms with Crippen LogP contribution in [0.3, 0.4) is 0 Å².